The van der Waals surface area contributed by atoms with Gasteiger partial charge in [0.15, 0.2) is 5.82 Å². The zero-order valence-corrected chi connectivity index (χ0v) is 14.9. The molecule has 0 bridgehead atoms. The Morgan fingerprint density at radius 1 is 1.08 bits per heavy atom. The van der Waals surface area contributed by atoms with E-state index in [2.05, 4.69) is 35.6 Å². The first-order valence-corrected chi connectivity index (χ1v) is 8.13. The summed E-state index contributed by atoms with van der Waals surface area (Å²) in [6.45, 7) is 0.627. The first kappa shape index (κ1) is 18.1. The number of aromatic amines is 1. The van der Waals surface area contributed by atoms with E-state index in [-0.39, 0.29) is 6.15 Å². The van der Waals surface area contributed by atoms with Crippen molar-refractivity contribution in [1.82, 2.24) is 36.4 Å². The van der Waals surface area contributed by atoms with Crippen LogP contribution in [0.4, 0.5) is 5.82 Å². The van der Waals surface area contributed by atoms with Gasteiger partial charge in [0.2, 0.25) is 11.3 Å². The number of halogens is 2. The van der Waals surface area contributed by atoms with Gasteiger partial charge in [-0.25, -0.2) is 19.6 Å². The maximum absolute atomic E-state index is 6.13. The SMILES string of the molecule is Clc1ccc(-c2nc3nonc3nc2NCCc2cnc[nH]2)cc1Cl.N. The summed E-state index contributed by atoms with van der Waals surface area (Å²) in [6, 6.07) is 5.26. The smallest absolute Gasteiger partial charge is 0.245 e. The van der Waals surface area contributed by atoms with Crippen molar-refractivity contribution in [2.24, 2.45) is 0 Å². The molecule has 3 heterocycles. The molecular formula is C15H14Cl2N8O. The second-order valence-electron chi connectivity index (χ2n) is 5.21. The quantitative estimate of drug-likeness (QED) is 0.468. The van der Waals surface area contributed by atoms with Crippen molar-refractivity contribution in [3.63, 3.8) is 0 Å². The van der Waals surface area contributed by atoms with E-state index in [4.69, 9.17) is 27.8 Å². The van der Waals surface area contributed by atoms with E-state index in [9.17, 15) is 0 Å². The molecular weight excluding hydrogens is 379 g/mol. The number of nitrogens with one attached hydrogen (secondary N) is 2. The molecule has 0 unspecified atom stereocenters. The highest BCUT2D eigenvalue weighted by atomic mass is 35.5. The molecule has 0 saturated heterocycles. The van der Waals surface area contributed by atoms with Crippen LogP contribution in [0, 0.1) is 0 Å². The van der Waals surface area contributed by atoms with Gasteiger partial charge in [-0.1, -0.05) is 29.3 Å². The van der Waals surface area contributed by atoms with Gasteiger partial charge in [-0.3, -0.25) is 0 Å². The van der Waals surface area contributed by atoms with Crippen LogP contribution in [-0.2, 0) is 6.42 Å². The number of nitrogens with zero attached hydrogens (tertiary/aromatic N) is 5. The molecule has 1 aromatic carbocycles. The lowest BCUT2D eigenvalue weighted by Gasteiger charge is -2.10. The van der Waals surface area contributed by atoms with Crippen molar-refractivity contribution in [3.05, 3.63) is 46.5 Å². The fourth-order valence-electron chi connectivity index (χ4n) is 2.34. The molecule has 0 atom stereocenters. The van der Waals surface area contributed by atoms with Crippen LogP contribution in [-0.4, -0.2) is 36.8 Å². The Morgan fingerprint density at radius 3 is 2.62 bits per heavy atom. The molecule has 0 aliphatic carbocycles. The molecule has 0 spiro atoms. The number of imidazole rings is 1. The molecule has 4 rings (SSSR count). The van der Waals surface area contributed by atoms with Gasteiger partial charge in [0, 0.05) is 30.4 Å². The highest BCUT2D eigenvalue weighted by Gasteiger charge is 2.15. The van der Waals surface area contributed by atoms with Crippen LogP contribution < -0.4 is 11.5 Å². The molecule has 9 nitrogen and oxygen atoms in total. The molecule has 0 saturated carbocycles. The maximum atomic E-state index is 6.13. The Balaban J connectivity index is 0.00000196. The Bertz CT molecular complexity index is 1020. The first-order valence-electron chi connectivity index (χ1n) is 7.37. The lowest BCUT2D eigenvalue weighted by atomic mass is 10.1. The van der Waals surface area contributed by atoms with Crippen molar-refractivity contribution in [2.45, 2.75) is 6.42 Å². The van der Waals surface area contributed by atoms with Crippen LogP contribution in [0.2, 0.25) is 10.0 Å². The molecule has 0 fully saturated rings. The summed E-state index contributed by atoms with van der Waals surface area (Å²) in [6.07, 6.45) is 4.17. The predicted octanol–water partition coefficient (Wildman–Crippen LogP) is 3.53. The van der Waals surface area contributed by atoms with E-state index in [1.807, 2.05) is 6.07 Å². The van der Waals surface area contributed by atoms with Gasteiger partial charge in [-0.05, 0) is 22.4 Å². The number of anilines is 1. The topological polar surface area (TPSA) is 140 Å². The molecule has 4 aromatic rings. The largest absolute Gasteiger partial charge is 0.368 e. The number of hydrogen-bond donors (Lipinski definition) is 3. The Morgan fingerprint density at radius 2 is 1.88 bits per heavy atom. The number of rotatable bonds is 5. The molecule has 26 heavy (non-hydrogen) atoms. The third-order valence-corrected chi connectivity index (χ3v) is 4.29. The van der Waals surface area contributed by atoms with E-state index in [1.165, 1.54) is 0 Å². The number of fused-ring (bicyclic) bond motifs is 1. The van der Waals surface area contributed by atoms with Crippen LogP contribution in [0.1, 0.15) is 5.69 Å². The lowest BCUT2D eigenvalue weighted by Crippen LogP contribution is -2.09. The zero-order valence-electron chi connectivity index (χ0n) is 13.4. The third kappa shape index (κ3) is 3.59. The molecule has 3 aromatic heterocycles. The third-order valence-electron chi connectivity index (χ3n) is 3.55. The first-order chi connectivity index (χ1) is 12.2. The minimum Gasteiger partial charge on any atom is -0.368 e. The number of H-pyrrole nitrogens is 1. The molecule has 0 aliphatic rings. The maximum Gasteiger partial charge on any atom is 0.245 e. The van der Waals surface area contributed by atoms with E-state index in [0.717, 1.165) is 17.7 Å². The van der Waals surface area contributed by atoms with Crippen LogP contribution in [0.25, 0.3) is 22.6 Å². The van der Waals surface area contributed by atoms with E-state index >= 15 is 0 Å². The van der Waals surface area contributed by atoms with Gasteiger partial charge in [-0.2, -0.15) is 0 Å². The van der Waals surface area contributed by atoms with E-state index in [0.29, 0.717) is 39.4 Å². The highest BCUT2D eigenvalue weighted by molar-refractivity contribution is 6.42. The molecule has 0 aliphatic heterocycles. The average Bonchev–Trinajstić information content (AvgIpc) is 3.28. The second kappa shape index (κ2) is 7.65. The fourth-order valence-corrected chi connectivity index (χ4v) is 2.64. The predicted molar refractivity (Wildman–Crippen MR) is 98.7 cm³/mol. The molecule has 134 valence electrons. The summed E-state index contributed by atoms with van der Waals surface area (Å²) >= 11 is 12.1. The normalized spacial score (nSPS) is 10.7. The lowest BCUT2D eigenvalue weighted by molar-refractivity contribution is 0.314. The monoisotopic (exact) mass is 392 g/mol. The molecule has 11 heteroatoms. The Hall–Kier alpha value is -2.75. The van der Waals surface area contributed by atoms with Gasteiger partial charge >= 0.3 is 0 Å². The fraction of sp³-hybridized carbons (Fsp3) is 0.133. The average molecular weight is 393 g/mol. The van der Waals surface area contributed by atoms with Gasteiger partial charge in [0.25, 0.3) is 0 Å². The minimum absolute atomic E-state index is 0. The summed E-state index contributed by atoms with van der Waals surface area (Å²) in [4.78, 5) is 16.0. The van der Waals surface area contributed by atoms with Gasteiger partial charge < -0.3 is 16.5 Å². The van der Waals surface area contributed by atoms with E-state index < -0.39 is 0 Å². The summed E-state index contributed by atoms with van der Waals surface area (Å²) in [5.74, 6) is 0.557. The van der Waals surface area contributed by atoms with Gasteiger partial charge in [0.1, 0.15) is 5.69 Å². The summed E-state index contributed by atoms with van der Waals surface area (Å²) in [7, 11) is 0. The van der Waals surface area contributed by atoms with E-state index in [1.54, 1.807) is 24.7 Å². The Kier molecular flexibility index (Phi) is 5.31. The van der Waals surface area contributed by atoms with Crippen LogP contribution >= 0.6 is 23.2 Å². The summed E-state index contributed by atoms with van der Waals surface area (Å²) < 4.78 is 4.70. The van der Waals surface area contributed by atoms with Crippen LogP contribution in [0.5, 0.6) is 0 Å². The Labute approximate surface area is 157 Å². The van der Waals surface area contributed by atoms with Gasteiger partial charge in [0.05, 0.1) is 16.4 Å². The van der Waals surface area contributed by atoms with Crippen molar-refractivity contribution in [3.8, 4) is 11.3 Å². The minimum atomic E-state index is 0. The zero-order chi connectivity index (χ0) is 17.2. The number of hydrogen-bond acceptors (Lipinski definition) is 8. The van der Waals surface area contributed by atoms with Crippen molar-refractivity contribution in [2.75, 3.05) is 11.9 Å². The molecule has 0 amide bonds. The number of benzene rings is 1. The summed E-state index contributed by atoms with van der Waals surface area (Å²) in [5, 5.41) is 11.6. The number of aromatic nitrogens is 6. The van der Waals surface area contributed by atoms with Gasteiger partial charge in [-0.15, -0.1) is 0 Å². The molecule has 0 radical (unpaired) electrons. The standard InChI is InChI=1S/C15H11Cl2N7O.H3N/c16-10-2-1-8(5-11(10)17)12-13(19-4-3-9-6-18-7-20-9)22-15-14(21-12)23-25-24-15;/h1-2,5-7H,3-4H2,(H,18,20)(H,19,22,24);1H3. The van der Waals surface area contributed by atoms with Crippen molar-refractivity contribution >= 4 is 40.3 Å². The molecule has 5 N–H and O–H groups in total. The second-order valence-corrected chi connectivity index (χ2v) is 6.03. The van der Waals surface area contributed by atoms with Crippen LogP contribution in [0.3, 0.4) is 0 Å². The summed E-state index contributed by atoms with van der Waals surface area (Å²) in [5.41, 5.74) is 3.01. The van der Waals surface area contributed by atoms with Crippen molar-refractivity contribution in [1.29, 1.82) is 0 Å². The van der Waals surface area contributed by atoms with Crippen molar-refractivity contribution < 1.29 is 4.63 Å². The highest BCUT2D eigenvalue weighted by Crippen LogP contribution is 2.31. The van der Waals surface area contributed by atoms with Crippen LogP contribution in [0.15, 0.2) is 35.4 Å².